The zero-order valence-corrected chi connectivity index (χ0v) is 17.2. The number of nitrogens with one attached hydrogen (secondary N) is 1. The number of nitrogens with zero attached hydrogens (tertiary/aromatic N) is 2. The van der Waals surface area contributed by atoms with Crippen LogP contribution in [0, 0.1) is 10.1 Å². The quantitative estimate of drug-likeness (QED) is 0.314. The van der Waals surface area contributed by atoms with Gasteiger partial charge in [-0.2, -0.15) is 5.10 Å². The Balaban J connectivity index is 1.63. The smallest absolute Gasteiger partial charge is 0.271 e. The van der Waals surface area contributed by atoms with Crippen molar-refractivity contribution in [1.29, 1.82) is 0 Å². The summed E-state index contributed by atoms with van der Waals surface area (Å²) in [5.41, 5.74) is 3.93. The normalized spacial score (nSPS) is 10.6. The number of ether oxygens (including phenoxy) is 2. The fraction of sp³-hybridized carbons (Fsp3) is 0.0909. The molecular formula is C22H18ClN3O5. The molecule has 1 amide bonds. The Labute approximate surface area is 183 Å². The second-order valence-corrected chi connectivity index (χ2v) is 6.77. The molecular weight excluding hydrogens is 422 g/mol. The SMILES string of the molecule is COc1cc(C=NNC(=O)c2cccc([N+](=O)[O-])c2)ccc1OCc1ccc(Cl)cc1. The summed E-state index contributed by atoms with van der Waals surface area (Å²) in [5, 5.41) is 15.4. The van der Waals surface area contributed by atoms with Crippen molar-refractivity contribution >= 4 is 29.4 Å². The van der Waals surface area contributed by atoms with Crippen LogP contribution in [0.15, 0.2) is 71.8 Å². The molecule has 0 bridgehead atoms. The van der Waals surface area contributed by atoms with Gasteiger partial charge in [0.1, 0.15) is 6.61 Å². The summed E-state index contributed by atoms with van der Waals surface area (Å²) in [5.74, 6) is 0.494. The minimum atomic E-state index is -0.567. The number of rotatable bonds is 8. The Hall–Kier alpha value is -3.91. The van der Waals surface area contributed by atoms with Gasteiger partial charge in [-0.05, 0) is 47.5 Å². The van der Waals surface area contributed by atoms with Gasteiger partial charge in [0.25, 0.3) is 11.6 Å². The molecule has 1 N–H and O–H groups in total. The first-order chi connectivity index (χ1) is 15.0. The number of nitro benzene ring substituents is 1. The minimum absolute atomic E-state index is 0.134. The number of hydrazone groups is 1. The molecule has 3 aromatic carbocycles. The number of nitro groups is 1. The third-order valence-electron chi connectivity index (χ3n) is 4.19. The highest BCUT2D eigenvalue weighted by Gasteiger charge is 2.11. The second kappa shape index (κ2) is 10.2. The van der Waals surface area contributed by atoms with Crippen molar-refractivity contribution in [3.63, 3.8) is 0 Å². The Kier molecular flexibility index (Phi) is 7.18. The highest BCUT2D eigenvalue weighted by atomic mass is 35.5. The predicted octanol–water partition coefficient (Wildman–Crippen LogP) is 4.60. The maximum absolute atomic E-state index is 12.1. The summed E-state index contributed by atoms with van der Waals surface area (Å²) in [6.45, 7) is 0.347. The van der Waals surface area contributed by atoms with Crippen molar-refractivity contribution in [3.05, 3.63) is 98.6 Å². The molecule has 0 aliphatic heterocycles. The first kappa shape index (κ1) is 21.8. The molecule has 0 radical (unpaired) electrons. The first-order valence-corrected chi connectivity index (χ1v) is 9.47. The van der Waals surface area contributed by atoms with Crippen molar-refractivity contribution in [1.82, 2.24) is 5.43 Å². The van der Waals surface area contributed by atoms with E-state index in [4.69, 9.17) is 21.1 Å². The molecule has 0 unspecified atom stereocenters. The molecule has 158 valence electrons. The summed E-state index contributed by atoms with van der Waals surface area (Å²) in [6.07, 6.45) is 1.43. The molecule has 0 heterocycles. The third kappa shape index (κ3) is 6.03. The van der Waals surface area contributed by atoms with Gasteiger partial charge in [-0.1, -0.05) is 29.8 Å². The van der Waals surface area contributed by atoms with Crippen molar-refractivity contribution < 1.29 is 19.2 Å². The highest BCUT2D eigenvalue weighted by Crippen LogP contribution is 2.28. The Bertz CT molecular complexity index is 1120. The van der Waals surface area contributed by atoms with Gasteiger partial charge in [0, 0.05) is 22.7 Å². The third-order valence-corrected chi connectivity index (χ3v) is 4.45. The number of carbonyl (C=O) groups excluding carboxylic acids is 1. The fourth-order valence-corrected chi connectivity index (χ4v) is 2.74. The number of benzene rings is 3. The van der Waals surface area contributed by atoms with Crippen molar-refractivity contribution in [2.75, 3.05) is 7.11 Å². The van der Waals surface area contributed by atoms with Crippen LogP contribution >= 0.6 is 11.6 Å². The maximum Gasteiger partial charge on any atom is 0.271 e. The lowest BCUT2D eigenvalue weighted by atomic mass is 10.2. The van der Waals surface area contributed by atoms with Crippen LogP contribution in [0.4, 0.5) is 5.69 Å². The van der Waals surface area contributed by atoms with Gasteiger partial charge in [0.15, 0.2) is 11.5 Å². The van der Waals surface area contributed by atoms with E-state index in [1.54, 1.807) is 30.3 Å². The number of non-ortho nitro benzene ring substituents is 1. The summed E-state index contributed by atoms with van der Waals surface area (Å²) < 4.78 is 11.2. The summed E-state index contributed by atoms with van der Waals surface area (Å²) >= 11 is 5.88. The van der Waals surface area contributed by atoms with E-state index >= 15 is 0 Å². The van der Waals surface area contributed by atoms with Crippen LogP contribution in [-0.2, 0) is 6.61 Å². The van der Waals surface area contributed by atoms with Crippen LogP contribution < -0.4 is 14.9 Å². The zero-order chi connectivity index (χ0) is 22.2. The summed E-state index contributed by atoms with van der Waals surface area (Å²) in [7, 11) is 1.52. The lowest BCUT2D eigenvalue weighted by Gasteiger charge is -2.11. The van der Waals surface area contributed by atoms with E-state index in [1.165, 1.54) is 37.6 Å². The number of amides is 1. The first-order valence-electron chi connectivity index (χ1n) is 9.09. The van der Waals surface area contributed by atoms with E-state index < -0.39 is 10.8 Å². The fourth-order valence-electron chi connectivity index (χ4n) is 2.62. The lowest BCUT2D eigenvalue weighted by molar-refractivity contribution is -0.384. The molecule has 0 aromatic heterocycles. The lowest BCUT2D eigenvalue weighted by Crippen LogP contribution is -2.17. The zero-order valence-electron chi connectivity index (χ0n) is 16.4. The van der Waals surface area contributed by atoms with Gasteiger partial charge in [0.05, 0.1) is 18.2 Å². The summed E-state index contributed by atoms with van der Waals surface area (Å²) in [4.78, 5) is 22.4. The molecule has 0 spiro atoms. The monoisotopic (exact) mass is 439 g/mol. The predicted molar refractivity (Wildman–Crippen MR) is 117 cm³/mol. The van der Waals surface area contributed by atoms with Gasteiger partial charge in [-0.15, -0.1) is 0 Å². The van der Waals surface area contributed by atoms with Gasteiger partial charge in [-0.25, -0.2) is 5.43 Å². The number of carbonyl (C=O) groups is 1. The number of hydrogen-bond donors (Lipinski definition) is 1. The van der Waals surface area contributed by atoms with E-state index in [-0.39, 0.29) is 11.3 Å². The van der Waals surface area contributed by atoms with Crippen LogP contribution in [0.25, 0.3) is 0 Å². The second-order valence-electron chi connectivity index (χ2n) is 6.33. The molecule has 3 rings (SSSR count). The molecule has 0 fully saturated rings. The number of halogens is 1. The molecule has 3 aromatic rings. The van der Waals surface area contributed by atoms with E-state index in [9.17, 15) is 14.9 Å². The maximum atomic E-state index is 12.1. The standard InChI is InChI=1S/C22H18ClN3O5/c1-30-21-11-16(7-10-20(21)31-14-15-5-8-18(23)9-6-15)13-24-25-22(27)17-3-2-4-19(12-17)26(28)29/h2-13H,14H2,1H3,(H,25,27). The molecule has 9 heteroatoms. The van der Waals surface area contributed by atoms with E-state index in [0.29, 0.717) is 28.7 Å². The van der Waals surface area contributed by atoms with Crippen LogP contribution in [-0.4, -0.2) is 24.2 Å². The van der Waals surface area contributed by atoms with Crippen molar-refractivity contribution in [3.8, 4) is 11.5 Å². The van der Waals surface area contributed by atoms with Crippen LogP contribution in [0.2, 0.25) is 5.02 Å². The van der Waals surface area contributed by atoms with E-state index in [2.05, 4.69) is 10.5 Å². The van der Waals surface area contributed by atoms with Crippen molar-refractivity contribution in [2.45, 2.75) is 6.61 Å². The average molecular weight is 440 g/mol. The number of methoxy groups -OCH3 is 1. The largest absolute Gasteiger partial charge is 0.493 e. The molecule has 0 aliphatic carbocycles. The molecule has 0 aliphatic rings. The molecule has 0 saturated heterocycles. The number of hydrogen-bond acceptors (Lipinski definition) is 6. The van der Waals surface area contributed by atoms with Gasteiger partial charge >= 0.3 is 0 Å². The van der Waals surface area contributed by atoms with Crippen molar-refractivity contribution in [2.24, 2.45) is 5.10 Å². The highest BCUT2D eigenvalue weighted by molar-refractivity contribution is 6.30. The van der Waals surface area contributed by atoms with Gasteiger partial charge in [0.2, 0.25) is 0 Å². The minimum Gasteiger partial charge on any atom is -0.493 e. The Morgan fingerprint density at radius 3 is 2.61 bits per heavy atom. The molecule has 0 saturated carbocycles. The average Bonchev–Trinajstić information content (AvgIpc) is 2.79. The Morgan fingerprint density at radius 1 is 1.13 bits per heavy atom. The van der Waals surface area contributed by atoms with Crippen LogP contribution in [0.1, 0.15) is 21.5 Å². The van der Waals surface area contributed by atoms with Crippen LogP contribution in [0.3, 0.4) is 0 Å². The van der Waals surface area contributed by atoms with Gasteiger partial charge < -0.3 is 9.47 Å². The molecule has 0 atom stereocenters. The topological polar surface area (TPSA) is 103 Å². The van der Waals surface area contributed by atoms with Crippen LogP contribution in [0.5, 0.6) is 11.5 Å². The van der Waals surface area contributed by atoms with Gasteiger partial charge in [-0.3, -0.25) is 14.9 Å². The van der Waals surface area contributed by atoms with E-state index in [1.807, 2.05) is 12.1 Å². The molecule has 8 nitrogen and oxygen atoms in total. The summed E-state index contributed by atoms with van der Waals surface area (Å²) in [6, 6.07) is 17.9. The Morgan fingerprint density at radius 2 is 1.90 bits per heavy atom. The molecule has 31 heavy (non-hydrogen) atoms. The van der Waals surface area contributed by atoms with E-state index in [0.717, 1.165) is 5.56 Å².